The number of hydrogen-bond donors (Lipinski definition) is 1. The lowest BCUT2D eigenvalue weighted by Gasteiger charge is -2.29. The summed E-state index contributed by atoms with van der Waals surface area (Å²) >= 11 is 0. The first kappa shape index (κ1) is 17.0. The summed E-state index contributed by atoms with van der Waals surface area (Å²) in [5, 5.41) is 3.37. The lowest BCUT2D eigenvalue weighted by molar-refractivity contribution is 0.0258. The van der Waals surface area contributed by atoms with Crippen molar-refractivity contribution in [2.24, 2.45) is 0 Å². The smallest absolute Gasteiger partial charge is 0.410 e. The van der Waals surface area contributed by atoms with E-state index >= 15 is 0 Å². The van der Waals surface area contributed by atoms with Gasteiger partial charge in [0, 0.05) is 51.4 Å². The number of piperazine rings is 1. The summed E-state index contributed by atoms with van der Waals surface area (Å²) < 4.78 is 5.50. The van der Waals surface area contributed by atoms with Crippen LogP contribution in [-0.4, -0.2) is 60.8 Å². The Morgan fingerprint density at radius 1 is 1.12 bits per heavy atom. The van der Waals surface area contributed by atoms with Crippen LogP contribution >= 0.6 is 0 Å². The maximum Gasteiger partial charge on any atom is 0.410 e. The minimum Gasteiger partial charge on any atom is -0.444 e. The van der Waals surface area contributed by atoms with E-state index in [1.165, 1.54) is 5.56 Å². The molecule has 6 nitrogen and oxygen atoms in total. The second-order valence-corrected chi connectivity index (χ2v) is 7.48. The van der Waals surface area contributed by atoms with Crippen molar-refractivity contribution < 1.29 is 9.53 Å². The molecular formula is C18H28N4O2. The van der Waals surface area contributed by atoms with Gasteiger partial charge in [-0.1, -0.05) is 6.07 Å². The Bertz CT molecular complexity index is 591. The summed E-state index contributed by atoms with van der Waals surface area (Å²) in [6, 6.07) is 4.30. The van der Waals surface area contributed by atoms with Crippen LogP contribution in [0.1, 0.15) is 32.0 Å². The molecule has 6 heteroatoms. The molecular weight excluding hydrogens is 304 g/mol. The minimum atomic E-state index is -0.454. The number of nitrogens with one attached hydrogen (secondary N) is 1. The van der Waals surface area contributed by atoms with E-state index in [0.717, 1.165) is 50.5 Å². The summed E-state index contributed by atoms with van der Waals surface area (Å²) in [7, 11) is 0. The van der Waals surface area contributed by atoms with Crippen molar-refractivity contribution in [1.82, 2.24) is 15.2 Å². The average molecular weight is 332 g/mol. The molecule has 1 fully saturated rings. The second-order valence-electron chi connectivity index (χ2n) is 7.48. The van der Waals surface area contributed by atoms with E-state index < -0.39 is 5.60 Å². The van der Waals surface area contributed by atoms with Crippen LogP contribution in [0.4, 0.5) is 10.6 Å². The molecule has 1 N–H and O–H groups in total. The van der Waals surface area contributed by atoms with Crippen molar-refractivity contribution in [2.45, 2.75) is 39.2 Å². The Labute approximate surface area is 144 Å². The summed E-state index contributed by atoms with van der Waals surface area (Å²) in [5.41, 5.74) is 1.92. The van der Waals surface area contributed by atoms with Gasteiger partial charge in [-0.15, -0.1) is 0 Å². The number of rotatable bonds is 1. The Hall–Kier alpha value is -1.82. The molecule has 1 aromatic rings. The number of anilines is 1. The van der Waals surface area contributed by atoms with Crippen molar-refractivity contribution in [2.75, 3.05) is 44.2 Å². The molecule has 2 aliphatic rings. The monoisotopic (exact) mass is 332 g/mol. The summed E-state index contributed by atoms with van der Waals surface area (Å²) in [6.45, 7) is 11.1. The van der Waals surface area contributed by atoms with Crippen LogP contribution in [0.3, 0.4) is 0 Å². The van der Waals surface area contributed by atoms with E-state index in [0.29, 0.717) is 13.1 Å². The molecule has 24 heavy (non-hydrogen) atoms. The Morgan fingerprint density at radius 2 is 1.83 bits per heavy atom. The molecule has 0 aromatic carbocycles. The first-order valence-corrected chi connectivity index (χ1v) is 8.85. The number of aromatic nitrogens is 1. The summed E-state index contributed by atoms with van der Waals surface area (Å²) in [6.07, 6.45) is 1.40. The van der Waals surface area contributed by atoms with E-state index in [1.54, 1.807) is 4.90 Å². The van der Waals surface area contributed by atoms with Gasteiger partial charge >= 0.3 is 6.09 Å². The molecule has 1 saturated heterocycles. The molecule has 0 bridgehead atoms. The molecule has 1 aromatic heterocycles. The highest BCUT2D eigenvalue weighted by Gasteiger charge is 2.25. The van der Waals surface area contributed by atoms with Crippen LogP contribution < -0.4 is 10.2 Å². The Balaban J connectivity index is 1.68. The first-order chi connectivity index (χ1) is 11.4. The number of nitrogens with zero attached hydrogens (tertiary/aromatic N) is 3. The molecule has 0 saturated carbocycles. The highest BCUT2D eigenvalue weighted by molar-refractivity contribution is 5.68. The first-order valence-electron chi connectivity index (χ1n) is 8.85. The molecule has 0 radical (unpaired) electrons. The summed E-state index contributed by atoms with van der Waals surface area (Å²) in [5.74, 6) is 1.06. The maximum absolute atomic E-state index is 12.3. The standard InChI is InChI=1S/C18H28N4O2/c1-18(2,3)24-17(23)22-10-6-14-4-5-16(20-15(14)7-11-22)21-12-8-19-9-13-21/h4-5,19H,6-13H2,1-3H3. The average Bonchev–Trinajstić information content (AvgIpc) is 2.76. The van der Waals surface area contributed by atoms with Crippen molar-refractivity contribution in [3.05, 3.63) is 23.4 Å². The molecule has 0 spiro atoms. The van der Waals surface area contributed by atoms with Crippen LogP contribution in [0.5, 0.6) is 0 Å². The topological polar surface area (TPSA) is 57.7 Å². The second kappa shape index (κ2) is 6.97. The largest absolute Gasteiger partial charge is 0.444 e. The zero-order valence-corrected chi connectivity index (χ0v) is 15.0. The number of hydrogen-bond acceptors (Lipinski definition) is 5. The third-order valence-corrected chi connectivity index (χ3v) is 4.42. The zero-order valence-electron chi connectivity index (χ0n) is 15.0. The Morgan fingerprint density at radius 3 is 2.54 bits per heavy atom. The van der Waals surface area contributed by atoms with Gasteiger partial charge in [0.2, 0.25) is 0 Å². The van der Waals surface area contributed by atoms with Crippen LogP contribution in [0.2, 0.25) is 0 Å². The minimum absolute atomic E-state index is 0.224. The van der Waals surface area contributed by atoms with Gasteiger partial charge in [0.25, 0.3) is 0 Å². The maximum atomic E-state index is 12.3. The van der Waals surface area contributed by atoms with Gasteiger partial charge in [-0.2, -0.15) is 0 Å². The van der Waals surface area contributed by atoms with Gasteiger partial charge in [0.05, 0.1) is 0 Å². The van der Waals surface area contributed by atoms with Crippen molar-refractivity contribution in [3.8, 4) is 0 Å². The van der Waals surface area contributed by atoms with Crippen LogP contribution in [0.25, 0.3) is 0 Å². The quantitative estimate of drug-likeness (QED) is 0.850. The fourth-order valence-corrected chi connectivity index (χ4v) is 3.15. The number of ether oxygens (including phenoxy) is 1. The number of carbonyl (C=O) groups is 1. The molecule has 0 aliphatic carbocycles. The van der Waals surface area contributed by atoms with E-state index in [4.69, 9.17) is 9.72 Å². The molecule has 1 amide bonds. The SMILES string of the molecule is CC(C)(C)OC(=O)N1CCc2ccc(N3CCNCC3)nc2CC1. The zero-order chi connectivity index (χ0) is 17.2. The fraction of sp³-hybridized carbons (Fsp3) is 0.667. The normalized spacial score (nSPS) is 18.8. The molecule has 0 unspecified atom stereocenters. The van der Waals surface area contributed by atoms with E-state index in [2.05, 4.69) is 22.3 Å². The van der Waals surface area contributed by atoms with Gasteiger partial charge in [-0.25, -0.2) is 9.78 Å². The predicted octanol–water partition coefficient (Wildman–Crippen LogP) is 1.83. The Kier molecular flexibility index (Phi) is 4.94. The molecule has 2 aliphatic heterocycles. The van der Waals surface area contributed by atoms with Gasteiger partial charge in [0.15, 0.2) is 0 Å². The number of carbonyl (C=O) groups excluding carboxylic acids is 1. The van der Waals surface area contributed by atoms with Crippen molar-refractivity contribution in [1.29, 1.82) is 0 Å². The number of fused-ring (bicyclic) bond motifs is 1. The van der Waals surface area contributed by atoms with Crippen LogP contribution in [-0.2, 0) is 17.6 Å². The highest BCUT2D eigenvalue weighted by atomic mass is 16.6. The number of amides is 1. The van der Waals surface area contributed by atoms with Gasteiger partial charge in [-0.3, -0.25) is 0 Å². The third-order valence-electron chi connectivity index (χ3n) is 4.42. The van der Waals surface area contributed by atoms with Crippen molar-refractivity contribution >= 4 is 11.9 Å². The molecule has 0 atom stereocenters. The highest BCUT2D eigenvalue weighted by Crippen LogP contribution is 2.21. The third kappa shape index (κ3) is 4.17. The molecule has 3 heterocycles. The van der Waals surface area contributed by atoms with E-state index in [-0.39, 0.29) is 6.09 Å². The van der Waals surface area contributed by atoms with Gasteiger partial charge < -0.3 is 19.9 Å². The van der Waals surface area contributed by atoms with Crippen LogP contribution in [0, 0.1) is 0 Å². The van der Waals surface area contributed by atoms with E-state index in [9.17, 15) is 4.79 Å². The summed E-state index contributed by atoms with van der Waals surface area (Å²) in [4.78, 5) is 21.3. The lowest BCUT2D eigenvalue weighted by atomic mass is 10.1. The fourth-order valence-electron chi connectivity index (χ4n) is 3.15. The number of pyridine rings is 1. The van der Waals surface area contributed by atoms with Gasteiger partial charge in [-0.05, 0) is 38.8 Å². The molecule has 3 rings (SSSR count). The predicted molar refractivity (Wildman–Crippen MR) is 94.5 cm³/mol. The lowest BCUT2D eigenvalue weighted by Crippen LogP contribution is -2.44. The van der Waals surface area contributed by atoms with Crippen molar-refractivity contribution in [3.63, 3.8) is 0 Å². The van der Waals surface area contributed by atoms with Crippen LogP contribution in [0.15, 0.2) is 12.1 Å². The molecule has 132 valence electrons. The van der Waals surface area contributed by atoms with E-state index in [1.807, 2.05) is 20.8 Å². The van der Waals surface area contributed by atoms with Gasteiger partial charge in [0.1, 0.15) is 11.4 Å².